The van der Waals surface area contributed by atoms with Crippen LogP contribution in [0.25, 0.3) is 0 Å². The van der Waals surface area contributed by atoms with E-state index in [0.29, 0.717) is 10.7 Å². The first-order valence-electron chi connectivity index (χ1n) is 5.25. The van der Waals surface area contributed by atoms with E-state index in [0.717, 1.165) is 15.7 Å². The van der Waals surface area contributed by atoms with Crippen molar-refractivity contribution in [2.24, 2.45) is 0 Å². The van der Waals surface area contributed by atoms with Crippen molar-refractivity contribution in [2.45, 2.75) is 6.92 Å². The summed E-state index contributed by atoms with van der Waals surface area (Å²) in [5, 5.41) is 3.10. The first kappa shape index (κ1) is 13.1. The van der Waals surface area contributed by atoms with Gasteiger partial charge in [-0.2, -0.15) is 0 Å². The molecular formula is C13H10BrClN2O. The van der Waals surface area contributed by atoms with Crippen LogP contribution < -0.4 is 5.32 Å². The molecule has 0 aliphatic carbocycles. The Labute approximate surface area is 118 Å². The van der Waals surface area contributed by atoms with Gasteiger partial charge in [-0.3, -0.25) is 4.79 Å². The van der Waals surface area contributed by atoms with Crippen molar-refractivity contribution in [3.05, 3.63) is 57.3 Å². The molecule has 1 aromatic heterocycles. The molecule has 0 atom stereocenters. The summed E-state index contributed by atoms with van der Waals surface area (Å²) in [5.41, 5.74) is 2.32. The maximum absolute atomic E-state index is 11.9. The van der Waals surface area contributed by atoms with Gasteiger partial charge in [0.1, 0.15) is 5.15 Å². The van der Waals surface area contributed by atoms with Crippen molar-refractivity contribution in [1.82, 2.24) is 4.98 Å². The number of rotatable bonds is 2. The highest BCUT2D eigenvalue weighted by Crippen LogP contribution is 2.21. The summed E-state index contributed by atoms with van der Waals surface area (Å²) in [5.74, 6) is -0.213. The van der Waals surface area contributed by atoms with Crippen LogP contribution in [0.2, 0.25) is 5.15 Å². The van der Waals surface area contributed by atoms with Gasteiger partial charge in [-0.1, -0.05) is 33.6 Å². The fourth-order valence-corrected chi connectivity index (χ4v) is 1.97. The van der Waals surface area contributed by atoms with Crippen molar-refractivity contribution in [3.8, 4) is 0 Å². The topological polar surface area (TPSA) is 42.0 Å². The average molecular weight is 326 g/mol. The summed E-state index contributed by atoms with van der Waals surface area (Å²) in [7, 11) is 0. The summed E-state index contributed by atoms with van der Waals surface area (Å²) < 4.78 is 0.952. The standard InChI is InChI=1S/C13H10BrClN2O/c1-8-2-3-10(7-11(8)14)17-13(18)9-4-5-16-12(15)6-9/h2-7H,1H3,(H,17,18). The van der Waals surface area contributed by atoms with Crippen LogP contribution in [-0.4, -0.2) is 10.9 Å². The third-order valence-corrected chi connectivity index (χ3v) is 3.48. The molecule has 3 nitrogen and oxygen atoms in total. The van der Waals surface area contributed by atoms with E-state index in [-0.39, 0.29) is 5.91 Å². The predicted octanol–water partition coefficient (Wildman–Crippen LogP) is 4.06. The molecule has 1 N–H and O–H groups in total. The molecule has 92 valence electrons. The van der Waals surface area contributed by atoms with Gasteiger partial charge in [0.25, 0.3) is 5.91 Å². The Kier molecular flexibility index (Phi) is 3.99. The van der Waals surface area contributed by atoms with Crippen LogP contribution in [0.4, 0.5) is 5.69 Å². The quantitative estimate of drug-likeness (QED) is 0.846. The molecule has 0 aliphatic heterocycles. The SMILES string of the molecule is Cc1ccc(NC(=O)c2ccnc(Cl)c2)cc1Br. The molecule has 2 rings (SSSR count). The Morgan fingerprint density at radius 1 is 1.33 bits per heavy atom. The molecule has 0 bridgehead atoms. The number of pyridine rings is 1. The second-order valence-electron chi connectivity index (χ2n) is 3.79. The molecule has 0 spiro atoms. The molecule has 0 radical (unpaired) electrons. The van der Waals surface area contributed by atoms with Crippen molar-refractivity contribution in [3.63, 3.8) is 0 Å². The minimum atomic E-state index is -0.213. The van der Waals surface area contributed by atoms with Crippen molar-refractivity contribution in [1.29, 1.82) is 0 Å². The summed E-state index contributed by atoms with van der Waals surface area (Å²) in [4.78, 5) is 15.8. The number of carbonyl (C=O) groups excluding carboxylic acids is 1. The Hall–Kier alpha value is -1.39. The molecule has 0 unspecified atom stereocenters. The first-order chi connectivity index (χ1) is 8.56. The van der Waals surface area contributed by atoms with Gasteiger partial charge in [0.15, 0.2) is 0 Å². The van der Waals surface area contributed by atoms with Gasteiger partial charge < -0.3 is 5.32 Å². The molecule has 1 aromatic carbocycles. The number of halogens is 2. The number of benzene rings is 1. The van der Waals surface area contributed by atoms with Crippen molar-refractivity contribution in [2.75, 3.05) is 5.32 Å². The Morgan fingerprint density at radius 2 is 2.11 bits per heavy atom. The Balaban J connectivity index is 2.18. The van der Waals surface area contributed by atoms with Crippen molar-refractivity contribution >= 4 is 39.1 Å². The van der Waals surface area contributed by atoms with Gasteiger partial charge in [-0.15, -0.1) is 0 Å². The summed E-state index contributed by atoms with van der Waals surface area (Å²) in [6.45, 7) is 1.98. The van der Waals surface area contributed by atoms with Gasteiger partial charge in [-0.25, -0.2) is 4.98 Å². The maximum atomic E-state index is 11.9. The third-order valence-electron chi connectivity index (χ3n) is 2.42. The summed E-state index contributed by atoms with van der Waals surface area (Å²) in [6, 6.07) is 8.78. The first-order valence-corrected chi connectivity index (χ1v) is 6.42. The van der Waals surface area contributed by atoms with E-state index in [2.05, 4.69) is 26.2 Å². The lowest BCUT2D eigenvalue weighted by Crippen LogP contribution is -2.12. The van der Waals surface area contributed by atoms with Crippen LogP contribution in [0.1, 0.15) is 15.9 Å². The van der Waals surface area contributed by atoms with Crippen LogP contribution in [0.5, 0.6) is 0 Å². The number of nitrogens with zero attached hydrogens (tertiary/aromatic N) is 1. The fraction of sp³-hybridized carbons (Fsp3) is 0.0769. The van der Waals surface area contributed by atoms with E-state index in [4.69, 9.17) is 11.6 Å². The zero-order valence-electron chi connectivity index (χ0n) is 9.58. The zero-order valence-corrected chi connectivity index (χ0v) is 11.9. The van der Waals surface area contributed by atoms with Gasteiger partial charge in [0, 0.05) is 21.9 Å². The highest BCUT2D eigenvalue weighted by atomic mass is 79.9. The number of nitrogens with one attached hydrogen (secondary N) is 1. The molecule has 0 fully saturated rings. The fourth-order valence-electron chi connectivity index (χ4n) is 1.42. The van der Waals surface area contributed by atoms with Crippen LogP contribution in [0.3, 0.4) is 0 Å². The average Bonchev–Trinajstić information content (AvgIpc) is 2.34. The van der Waals surface area contributed by atoms with E-state index in [9.17, 15) is 4.79 Å². The maximum Gasteiger partial charge on any atom is 0.255 e. The monoisotopic (exact) mass is 324 g/mol. The van der Waals surface area contributed by atoms with Crippen LogP contribution in [0.15, 0.2) is 41.0 Å². The number of aryl methyl sites for hydroxylation is 1. The normalized spacial score (nSPS) is 10.2. The van der Waals surface area contributed by atoms with Crippen LogP contribution in [-0.2, 0) is 0 Å². The van der Waals surface area contributed by atoms with E-state index in [1.54, 1.807) is 6.07 Å². The van der Waals surface area contributed by atoms with E-state index < -0.39 is 0 Å². The predicted molar refractivity (Wildman–Crippen MR) is 76.1 cm³/mol. The number of anilines is 1. The van der Waals surface area contributed by atoms with Crippen LogP contribution >= 0.6 is 27.5 Å². The largest absolute Gasteiger partial charge is 0.322 e. The summed E-state index contributed by atoms with van der Waals surface area (Å²) in [6.07, 6.45) is 1.50. The smallest absolute Gasteiger partial charge is 0.255 e. The molecule has 0 saturated heterocycles. The lowest BCUT2D eigenvalue weighted by atomic mass is 10.2. The summed E-state index contributed by atoms with van der Waals surface area (Å²) >= 11 is 9.16. The minimum absolute atomic E-state index is 0.213. The molecule has 1 heterocycles. The Bertz CT molecular complexity index is 601. The van der Waals surface area contributed by atoms with E-state index in [1.807, 2.05) is 25.1 Å². The highest BCUT2D eigenvalue weighted by molar-refractivity contribution is 9.10. The molecule has 1 amide bonds. The van der Waals surface area contributed by atoms with Crippen molar-refractivity contribution < 1.29 is 4.79 Å². The highest BCUT2D eigenvalue weighted by Gasteiger charge is 2.07. The number of hydrogen-bond donors (Lipinski definition) is 1. The third kappa shape index (κ3) is 3.09. The number of carbonyl (C=O) groups is 1. The second-order valence-corrected chi connectivity index (χ2v) is 5.03. The Morgan fingerprint density at radius 3 is 2.78 bits per heavy atom. The lowest BCUT2D eigenvalue weighted by Gasteiger charge is -2.07. The number of hydrogen-bond acceptors (Lipinski definition) is 2. The zero-order chi connectivity index (χ0) is 13.1. The number of aromatic nitrogens is 1. The molecule has 0 saturated carbocycles. The number of amides is 1. The molecule has 2 aromatic rings. The van der Waals surface area contributed by atoms with Crippen LogP contribution in [0, 0.1) is 6.92 Å². The van der Waals surface area contributed by atoms with Gasteiger partial charge in [-0.05, 0) is 36.8 Å². The molecule has 5 heteroatoms. The molecular weight excluding hydrogens is 316 g/mol. The van der Waals surface area contributed by atoms with Gasteiger partial charge >= 0.3 is 0 Å². The van der Waals surface area contributed by atoms with Gasteiger partial charge in [0.2, 0.25) is 0 Å². The van der Waals surface area contributed by atoms with E-state index in [1.165, 1.54) is 12.3 Å². The second kappa shape index (κ2) is 5.50. The molecule has 18 heavy (non-hydrogen) atoms. The molecule has 0 aliphatic rings. The lowest BCUT2D eigenvalue weighted by molar-refractivity contribution is 0.102. The minimum Gasteiger partial charge on any atom is -0.322 e. The van der Waals surface area contributed by atoms with E-state index >= 15 is 0 Å². The van der Waals surface area contributed by atoms with Gasteiger partial charge in [0.05, 0.1) is 0 Å².